The van der Waals surface area contributed by atoms with Crippen LogP contribution in [0.4, 0.5) is 0 Å². The minimum atomic E-state index is -0.928. The van der Waals surface area contributed by atoms with Crippen LogP contribution in [0.15, 0.2) is 55.2 Å². The number of amides is 2. The Balaban J connectivity index is 1.50. The molecule has 0 saturated heterocycles. The Bertz CT molecular complexity index is 1680. The van der Waals surface area contributed by atoms with Crippen molar-refractivity contribution in [2.24, 2.45) is 17.8 Å². The van der Waals surface area contributed by atoms with Gasteiger partial charge in [-0.2, -0.15) is 0 Å². The van der Waals surface area contributed by atoms with Gasteiger partial charge in [0, 0.05) is 56.1 Å². The molecular weight excluding hydrogens is 644 g/mol. The number of aliphatic hydroxyl groups excluding tert-OH is 1. The number of fused-ring (bicyclic) bond motifs is 1. The molecule has 4 aromatic heterocycles. The van der Waals surface area contributed by atoms with Gasteiger partial charge < -0.3 is 20.5 Å². The number of aliphatic hydroxyl groups is 1. The minimum absolute atomic E-state index is 0.00569. The van der Waals surface area contributed by atoms with Gasteiger partial charge in [-0.05, 0) is 61.3 Å². The van der Waals surface area contributed by atoms with Crippen LogP contribution >= 0.6 is 0 Å². The molecule has 1 saturated carbocycles. The van der Waals surface area contributed by atoms with Crippen LogP contribution in [-0.4, -0.2) is 78.9 Å². The standard InChI is InChI=1S/C39H54N8O4/c1-5-11-32-37-46-45-36(47(37)25-34(43-32)29-15-10-17-41-24-29)31(20-28-14-9-16-40-23-28)39(50)44-33(21-27-12-7-6-8-13-27)35(48)22-30(26(2)3)38(49)42-18-19-51-4/h9-10,14-17,23-27,30-31,33,35,48H,5-8,11-13,18-22H2,1-4H3,(H,42,49)(H,44,50)/t30-,31-,33-,35-/m0/s1. The number of nitrogens with zero attached hydrogens (tertiary/aromatic N) is 6. The van der Waals surface area contributed by atoms with E-state index in [0.29, 0.717) is 49.8 Å². The number of aromatic nitrogens is 6. The van der Waals surface area contributed by atoms with Gasteiger partial charge in [-0.1, -0.05) is 65.4 Å². The average Bonchev–Trinajstić information content (AvgIpc) is 3.57. The van der Waals surface area contributed by atoms with E-state index in [1.54, 1.807) is 31.9 Å². The SMILES string of the molecule is CCCc1nc(-c2cccnc2)cn2c([C@H](Cc3cccnc3)C(=O)N[C@@H](CC3CCCCC3)[C@@H](O)C[C@H](C(=O)NCCOC)C(C)C)nnc12. The summed E-state index contributed by atoms with van der Waals surface area (Å²) in [5.41, 5.74) is 3.86. The Hall–Kier alpha value is -4.29. The van der Waals surface area contributed by atoms with Crippen molar-refractivity contribution in [2.75, 3.05) is 20.3 Å². The second kappa shape index (κ2) is 18.8. The molecule has 1 fully saturated rings. The van der Waals surface area contributed by atoms with E-state index in [0.717, 1.165) is 54.6 Å². The third kappa shape index (κ3) is 10.2. The van der Waals surface area contributed by atoms with E-state index in [4.69, 9.17) is 9.72 Å². The highest BCUT2D eigenvalue weighted by molar-refractivity contribution is 5.84. The van der Waals surface area contributed by atoms with E-state index in [1.165, 1.54) is 6.42 Å². The maximum atomic E-state index is 14.7. The summed E-state index contributed by atoms with van der Waals surface area (Å²) in [7, 11) is 1.60. The highest BCUT2D eigenvalue weighted by Gasteiger charge is 2.35. The van der Waals surface area contributed by atoms with Crippen molar-refractivity contribution in [3.8, 4) is 11.3 Å². The topological polar surface area (TPSA) is 157 Å². The van der Waals surface area contributed by atoms with Crippen LogP contribution in [0.2, 0.25) is 0 Å². The van der Waals surface area contributed by atoms with Crippen LogP contribution in [0.1, 0.15) is 95.1 Å². The summed E-state index contributed by atoms with van der Waals surface area (Å²) in [6.07, 6.45) is 16.3. The van der Waals surface area contributed by atoms with E-state index >= 15 is 0 Å². The van der Waals surface area contributed by atoms with Gasteiger partial charge in [-0.3, -0.25) is 24.0 Å². The maximum Gasteiger partial charge on any atom is 0.231 e. The van der Waals surface area contributed by atoms with Gasteiger partial charge in [0.05, 0.1) is 30.1 Å². The van der Waals surface area contributed by atoms with Crippen molar-refractivity contribution in [1.29, 1.82) is 0 Å². The molecule has 4 heterocycles. The number of carbonyl (C=O) groups excluding carboxylic acids is 2. The molecule has 12 nitrogen and oxygen atoms in total. The van der Waals surface area contributed by atoms with Crippen molar-refractivity contribution in [3.63, 3.8) is 0 Å². The first-order chi connectivity index (χ1) is 24.8. The summed E-state index contributed by atoms with van der Waals surface area (Å²) >= 11 is 0. The zero-order valence-corrected chi connectivity index (χ0v) is 30.5. The van der Waals surface area contributed by atoms with Crippen LogP contribution in [0.5, 0.6) is 0 Å². The van der Waals surface area contributed by atoms with Gasteiger partial charge in [0.1, 0.15) is 11.7 Å². The lowest BCUT2D eigenvalue weighted by Crippen LogP contribution is -2.49. The van der Waals surface area contributed by atoms with E-state index in [9.17, 15) is 14.7 Å². The molecular formula is C39H54N8O4. The second-order valence-electron chi connectivity index (χ2n) is 14.2. The van der Waals surface area contributed by atoms with Gasteiger partial charge in [-0.25, -0.2) is 4.98 Å². The van der Waals surface area contributed by atoms with Gasteiger partial charge in [-0.15, -0.1) is 10.2 Å². The number of methoxy groups -OCH3 is 1. The highest BCUT2D eigenvalue weighted by atomic mass is 16.5. The van der Waals surface area contributed by atoms with Crippen LogP contribution in [0.25, 0.3) is 16.9 Å². The number of rotatable bonds is 18. The lowest BCUT2D eigenvalue weighted by atomic mass is 9.81. The third-order valence-corrected chi connectivity index (χ3v) is 10.1. The highest BCUT2D eigenvalue weighted by Crippen LogP contribution is 2.31. The number of aryl methyl sites for hydroxylation is 1. The molecule has 4 aromatic rings. The normalized spacial score (nSPS) is 16.1. The van der Waals surface area contributed by atoms with Crippen LogP contribution in [0, 0.1) is 17.8 Å². The molecule has 274 valence electrons. The number of hydrogen-bond acceptors (Lipinski definition) is 9. The van der Waals surface area contributed by atoms with Crippen molar-refractivity contribution >= 4 is 17.5 Å². The molecule has 4 atom stereocenters. The molecule has 0 unspecified atom stereocenters. The summed E-state index contributed by atoms with van der Waals surface area (Å²) in [4.78, 5) is 41.5. The molecule has 0 bridgehead atoms. The number of ether oxygens (including phenoxy) is 1. The fourth-order valence-corrected chi connectivity index (χ4v) is 7.22. The zero-order valence-electron chi connectivity index (χ0n) is 30.5. The van der Waals surface area contributed by atoms with Gasteiger partial charge in [0.15, 0.2) is 5.65 Å². The summed E-state index contributed by atoms with van der Waals surface area (Å²) < 4.78 is 7.01. The molecule has 51 heavy (non-hydrogen) atoms. The lowest BCUT2D eigenvalue weighted by Gasteiger charge is -2.33. The lowest BCUT2D eigenvalue weighted by molar-refractivity contribution is -0.128. The number of carbonyl (C=O) groups is 2. The smallest absolute Gasteiger partial charge is 0.231 e. The third-order valence-electron chi connectivity index (χ3n) is 10.1. The summed E-state index contributed by atoms with van der Waals surface area (Å²) in [5.74, 6) is -0.688. The Kier molecular flexibility index (Phi) is 14.0. The molecule has 2 amide bonds. The Morgan fingerprint density at radius 1 is 1.04 bits per heavy atom. The molecule has 3 N–H and O–H groups in total. The van der Waals surface area contributed by atoms with Crippen molar-refractivity contribution in [2.45, 2.75) is 103 Å². The Morgan fingerprint density at radius 3 is 2.47 bits per heavy atom. The first-order valence-electron chi connectivity index (χ1n) is 18.6. The molecule has 1 aliphatic rings. The molecule has 0 aromatic carbocycles. The van der Waals surface area contributed by atoms with Gasteiger partial charge in [0.25, 0.3) is 0 Å². The Labute approximate surface area is 301 Å². The summed E-state index contributed by atoms with van der Waals surface area (Å²) in [6.45, 7) is 6.88. The van der Waals surface area contributed by atoms with E-state index in [-0.39, 0.29) is 24.2 Å². The Morgan fingerprint density at radius 2 is 1.80 bits per heavy atom. The molecule has 0 spiro atoms. The van der Waals surface area contributed by atoms with Crippen molar-refractivity contribution in [1.82, 2.24) is 40.2 Å². The molecule has 0 aliphatic heterocycles. The molecule has 5 rings (SSSR count). The predicted molar refractivity (Wildman–Crippen MR) is 196 cm³/mol. The first-order valence-corrected chi connectivity index (χ1v) is 18.6. The maximum absolute atomic E-state index is 14.7. The minimum Gasteiger partial charge on any atom is -0.391 e. The van der Waals surface area contributed by atoms with Crippen LogP contribution in [0.3, 0.4) is 0 Å². The molecule has 1 aliphatic carbocycles. The van der Waals surface area contributed by atoms with Gasteiger partial charge in [0.2, 0.25) is 11.8 Å². The van der Waals surface area contributed by atoms with Crippen LogP contribution in [-0.2, 0) is 27.2 Å². The average molecular weight is 699 g/mol. The zero-order chi connectivity index (χ0) is 36.2. The van der Waals surface area contributed by atoms with E-state index in [2.05, 4.69) is 37.7 Å². The fourth-order valence-electron chi connectivity index (χ4n) is 7.22. The molecule has 0 radical (unpaired) electrons. The summed E-state index contributed by atoms with van der Waals surface area (Å²) in [5, 5.41) is 27.3. The monoisotopic (exact) mass is 698 g/mol. The van der Waals surface area contributed by atoms with Crippen LogP contribution < -0.4 is 10.6 Å². The van der Waals surface area contributed by atoms with E-state index < -0.39 is 24.0 Å². The number of pyridine rings is 2. The fraction of sp³-hybridized carbons (Fsp3) is 0.564. The number of nitrogens with one attached hydrogen (secondary N) is 2. The molecule has 12 heteroatoms. The summed E-state index contributed by atoms with van der Waals surface area (Å²) in [6, 6.07) is 7.09. The van der Waals surface area contributed by atoms with Gasteiger partial charge >= 0.3 is 0 Å². The van der Waals surface area contributed by atoms with E-state index in [1.807, 2.05) is 48.7 Å². The second-order valence-corrected chi connectivity index (χ2v) is 14.2. The predicted octanol–water partition coefficient (Wildman–Crippen LogP) is 5.10. The first kappa shape index (κ1) is 38.0. The van der Waals surface area contributed by atoms with Crippen molar-refractivity contribution in [3.05, 3.63) is 72.3 Å². The van der Waals surface area contributed by atoms with Crippen molar-refractivity contribution < 1.29 is 19.4 Å². The number of hydrogen-bond donors (Lipinski definition) is 3. The quantitative estimate of drug-likeness (QED) is 0.120. The largest absolute Gasteiger partial charge is 0.391 e.